The molecule has 1 aliphatic carbocycles. The third-order valence-electron chi connectivity index (χ3n) is 15.5. The van der Waals surface area contributed by atoms with Crippen molar-refractivity contribution < 1.29 is 62.5 Å². The Morgan fingerprint density at radius 1 is 0.838 bits per heavy atom. The van der Waals surface area contributed by atoms with Gasteiger partial charge in [-0.15, -0.1) is 0 Å². The smallest absolute Gasteiger partial charge is 0.329 e. The van der Waals surface area contributed by atoms with Crippen LogP contribution in [0.5, 0.6) is 0 Å². The largest absolute Gasteiger partial charge is 0.460 e. The Morgan fingerprint density at radius 2 is 1.56 bits per heavy atom. The molecule has 0 spiro atoms. The minimum atomic E-state index is -2.41. The van der Waals surface area contributed by atoms with Crippen molar-refractivity contribution in [3.63, 3.8) is 0 Å². The van der Waals surface area contributed by atoms with Gasteiger partial charge in [-0.05, 0) is 127 Å². The lowest BCUT2D eigenvalue weighted by Gasteiger charge is -2.49. The van der Waals surface area contributed by atoms with Crippen LogP contribution in [0, 0.1) is 35.5 Å². The number of esters is 1. The maximum absolute atomic E-state index is 14.5. The SMILES string of the molecule is COC1CC2CC[C@@H](C)C(O)(O2)C(=O)C(=O)N2CCCCC2C(=O)OC(C(C)CC2CCC(O)C(OC)C2)CC(=O)C(C)=CC(C)C2OC(C)(C)OC(C2OC)[C@H](C)CC(C)C=CC=CC=C1C. The number of nitrogens with zero attached hydrogens (tertiary/aromatic N) is 1. The highest BCUT2D eigenvalue weighted by Gasteiger charge is 2.53. The summed E-state index contributed by atoms with van der Waals surface area (Å²) >= 11 is 0. The van der Waals surface area contributed by atoms with E-state index >= 15 is 0 Å². The second-order valence-electron chi connectivity index (χ2n) is 21.4. The van der Waals surface area contributed by atoms with Gasteiger partial charge in [0.05, 0.1) is 36.6 Å². The highest BCUT2D eigenvalue weighted by Crippen LogP contribution is 2.40. The van der Waals surface area contributed by atoms with E-state index in [1.165, 1.54) is 4.90 Å². The van der Waals surface area contributed by atoms with Crippen LogP contribution < -0.4 is 0 Å². The topological polar surface area (TPSA) is 177 Å². The van der Waals surface area contributed by atoms with Crippen LogP contribution in [0.2, 0.25) is 0 Å². The Kier molecular flexibility index (Phi) is 20.4. The Labute approximate surface area is 406 Å². The fourth-order valence-corrected chi connectivity index (χ4v) is 11.3. The highest BCUT2D eigenvalue weighted by molar-refractivity contribution is 6.39. The molecule has 16 atom stereocenters. The minimum absolute atomic E-state index is 0.0886. The van der Waals surface area contributed by atoms with E-state index in [-0.39, 0.29) is 73.1 Å². The van der Waals surface area contributed by atoms with E-state index in [9.17, 15) is 29.4 Å². The summed E-state index contributed by atoms with van der Waals surface area (Å²) in [5.41, 5.74) is 1.42. The first kappa shape index (κ1) is 55.8. The van der Waals surface area contributed by atoms with Crippen molar-refractivity contribution in [2.24, 2.45) is 35.5 Å². The van der Waals surface area contributed by atoms with Crippen molar-refractivity contribution in [2.45, 2.75) is 206 Å². The molecule has 1 saturated carbocycles. The molecule has 14 unspecified atom stereocenters. The molecule has 5 rings (SSSR count). The number of carbonyl (C=O) groups excluding carboxylic acids is 4. The predicted molar refractivity (Wildman–Crippen MR) is 258 cm³/mol. The molecule has 4 fully saturated rings. The van der Waals surface area contributed by atoms with Gasteiger partial charge in [-0.25, -0.2) is 4.79 Å². The molecule has 5 aliphatic rings. The number of rotatable bonds is 6. The van der Waals surface area contributed by atoms with Crippen LogP contribution in [0.1, 0.15) is 139 Å². The number of aliphatic hydroxyl groups excluding tert-OH is 1. The fourth-order valence-electron chi connectivity index (χ4n) is 11.3. The van der Waals surface area contributed by atoms with Crippen LogP contribution in [-0.4, -0.2) is 133 Å². The predicted octanol–water partition coefficient (Wildman–Crippen LogP) is 7.77. The molecule has 0 aromatic heterocycles. The fraction of sp³-hybridized carbons (Fsp3) is 0.778. The molecular weight excluding hydrogens is 871 g/mol. The van der Waals surface area contributed by atoms with Crippen molar-refractivity contribution in [3.8, 4) is 0 Å². The van der Waals surface area contributed by atoms with Crippen LogP contribution in [0.3, 0.4) is 0 Å². The molecule has 0 radical (unpaired) electrons. The van der Waals surface area contributed by atoms with Gasteiger partial charge in [0.15, 0.2) is 11.6 Å². The zero-order valence-corrected chi connectivity index (χ0v) is 43.1. The highest BCUT2D eigenvalue weighted by atomic mass is 16.7. The van der Waals surface area contributed by atoms with Gasteiger partial charge in [-0.2, -0.15) is 0 Å². The monoisotopic (exact) mass is 956 g/mol. The number of ketones is 2. The van der Waals surface area contributed by atoms with Crippen LogP contribution in [-0.2, 0) is 52.3 Å². The molecule has 0 aromatic rings. The molecule has 14 heteroatoms. The standard InChI is InChI=1S/C54H85NO13/c1-32-18-14-13-15-19-33(2)44(62-10)30-40-23-21-38(7)54(61,66-40)50(58)51(59)55-25-17-16-20-41(55)52(60)65-45(35(4)28-39-22-24-42(56)46(29-39)63-11)31-43(57)34(3)27-37(6)48-49(64-12)47(36(5)26-32)67-53(8,9)68-48/h13-15,18-19,27,32,35-42,44-49,56,61H,16-17,20-26,28-31H2,1-12H3/t32?,35?,36-,37?,38-,39?,40?,41?,42?,44?,45?,46?,47?,48?,49?,54?/m1/s1. The molecule has 0 aromatic carbocycles. The number of cyclic esters (lactones) is 1. The third kappa shape index (κ3) is 14.1. The lowest BCUT2D eigenvalue weighted by Crippen LogP contribution is -2.61. The number of methoxy groups -OCH3 is 3. The minimum Gasteiger partial charge on any atom is -0.460 e. The van der Waals surface area contributed by atoms with Gasteiger partial charge in [-0.3, -0.25) is 14.4 Å². The summed E-state index contributed by atoms with van der Waals surface area (Å²) in [4.78, 5) is 58.7. The van der Waals surface area contributed by atoms with E-state index < -0.39 is 71.7 Å². The van der Waals surface area contributed by atoms with Gasteiger partial charge in [0.25, 0.3) is 11.7 Å². The number of hydrogen-bond donors (Lipinski definition) is 2. The summed E-state index contributed by atoms with van der Waals surface area (Å²) in [5, 5.41) is 22.5. The van der Waals surface area contributed by atoms with E-state index in [1.54, 1.807) is 35.2 Å². The molecule has 4 heterocycles. The van der Waals surface area contributed by atoms with E-state index in [4.69, 9.17) is 33.2 Å². The van der Waals surface area contributed by atoms with E-state index in [1.807, 2.05) is 65.0 Å². The first-order valence-corrected chi connectivity index (χ1v) is 25.4. The second-order valence-corrected chi connectivity index (χ2v) is 21.4. The first-order chi connectivity index (χ1) is 32.1. The second kappa shape index (κ2) is 24.8. The number of ether oxygens (including phenoxy) is 7. The maximum Gasteiger partial charge on any atom is 0.329 e. The first-order valence-electron chi connectivity index (χ1n) is 25.4. The van der Waals surface area contributed by atoms with Gasteiger partial charge in [0.1, 0.15) is 18.2 Å². The van der Waals surface area contributed by atoms with Crippen molar-refractivity contribution in [1.82, 2.24) is 4.90 Å². The molecule has 1 amide bonds. The number of amides is 1. The lowest BCUT2D eigenvalue weighted by atomic mass is 9.78. The summed E-state index contributed by atoms with van der Waals surface area (Å²) in [6, 6.07) is -1.11. The van der Waals surface area contributed by atoms with Gasteiger partial charge in [0.2, 0.25) is 5.79 Å². The molecule has 2 N–H and O–H groups in total. The van der Waals surface area contributed by atoms with Gasteiger partial charge < -0.3 is 48.3 Å². The lowest BCUT2D eigenvalue weighted by molar-refractivity contribution is -0.348. The zero-order valence-electron chi connectivity index (χ0n) is 43.1. The van der Waals surface area contributed by atoms with Gasteiger partial charge >= 0.3 is 5.97 Å². The summed E-state index contributed by atoms with van der Waals surface area (Å²) in [7, 11) is 4.87. The summed E-state index contributed by atoms with van der Waals surface area (Å²) in [6.07, 6.45) is 14.1. The number of hydrogen-bond acceptors (Lipinski definition) is 13. The Morgan fingerprint density at radius 3 is 2.25 bits per heavy atom. The maximum atomic E-state index is 14.5. The Bertz CT molecular complexity index is 1840. The van der Waals surface area contributed by atoms with E-state index in [0.717, 1.165) is 18.4 Å². The number of Topliss-reactive ketones (excluding diaryl/α,β-unsaturated/α-hetero) is 2. The average Bonchev–Trinajstić information content (AvgIpc) is 3.30. The molecule has 3 saturated heterocycles. The molecule has 14 nitrogen and oxygen atoms in total. The van der Waals surface area contributed by atoms with Crippen LogP contribution in [0.15, 0.2) is 47.6 Å². The van der Waals surface area contributed by atoms with E-state index in [2.05, 4.69) is 19.9 Å². The number of fused-ring (bicyclic) bond motifs is 5. The van der Waals surface area contributed by atoms with Crippen LogP contribution in [0.4, 0.5) is 0 Å². The number of piperidine rings is 1. The van der Waals surface area contributed by atoms with Gasteiger partial charge in [-0.1, -0.05) is 71.1 Å². The van der Waals surface area contributed by atoms with Crippen molar-refractivity contribution in [1.29, 1.82) is 0 Å². The number of aliphatic hydroxyl groups is 2. The van der Waals surface area contributed by atoms with Crippen LogP contribution in [0.25, 0.3) is 0 Å². The third-order valence-corrected chi connectivity index (χ3v) is 15.5. The molecule has 68 heavy (non-hydrogen) atoms. The summed E-state index contributed by atoms with van der Waals surface area (Å²) in [5.74, 6) is -7.14. The molecule has 4 bridgehead atoms. The molecule has 384 valence electrons. The van der Waals surface area contributed by atoms with E-state index in [0.29, 0.717) is 56.9 Å². The van der Waals surface area contributed by atoms with Crippen molar-refractivity contribution >= 4 is 23.4 Å². The normalized spacial score (nSPS) is 39.4. The molecular formula is C54H85NO13. The Hall–Kier alpha value is -3.08. The quantitative estimate of drug-likeness (QED) is 0.195. The zero-order chi connectivity index (χ0) is 50.1. The summed E-state index contributed by atoms with van der Waals surface area (Å²) < 4.78 is 43.4. The number of allylic oxidation sites excluding steroid dienone is 6. The van der Waals surface area contributed by atoms with Gasteiger partial charge in [0, 0.05) is 52.6 Å². The van der Waals surface area contributed by atoms with Crippen molar-refractivity contribution in [2.75, 3.05) is 27.9 Å². The van der Waals surface area contributed by atoms with Crippen molar-refractivity contribution in [3.05, 3.63) is 47.6 Å². The molecule has 4 aliphatic heterocycles. The number of carbonyl (C=O) groups is 4. The van der Waals surface area contributed by atoms with Crippen LogP contribution >= 0.6 is 0 Å². The summed E-state index contributed by atoms with van der Waals surface area (Å²) in [6.45, 7) is 17.7. The average molecular weight is 956 g/mol. The Balaban J connectivity index is 1.50.